The second-order valence-electron chi connectivity index (χ2n) is 2.36. The van der Waals surface area contributed by atoms with Crippen molar-refractivity contribution >= 4 is 47.8 Å². The predicted octanol–water partition coefficient (Wildman–Crippen LogP) is 2.92. The third-order valence-electron chi connectivity index (χ3n) is 1.26. The lowest BCUT2D eigenvalue weighted by Gasteiger charge is -2.21. The summed E-state index contributed by atoms with van der Waals surface area (Å²) in [5.41, 5.74) is 0. The first-order valence-electron chi connectivity index (χ1n) is 2.91. The minimum absolute atomic E-state index is 0.0391. The summed E-state index contributed by atoms with van der Waals surface area (Å²) >= 11 is 9.53. The van der Waals surface area contributed by atoms with E-state index in [0.717, 1.165) is 0 Å². The SMILES string of the molecule is CC(Br)C(Br)C(C)(Br)[N+](=O)[O-]. The van der Waals surface area contributed by atoms with Crippen molar-refractivity contribution in [2.24, 2.45) is 0 Å². The molecule has 0 spiro atoms. The Morgan fingerprint density at radius 3 is 2.00 bits per heavy atom. The summed E-state index contributed by atoms with van der Waals surface area (Å²) in [6.45, 7) is 3.37. The molecular formula is C5H8Br3NO2. The van der Waals surface area contributed by atoms with Crippen LogP contribution >= 0.6 is 47.8 Å². The molecule has 0 rings (SSSR count). The molecule has 3 atom stereocenters. The fourth-order valence-corrected chi connectivity index (χ4v) is 1.95. The number of hydrogen-bond donors (Lipinski definition) is 0. The monoisotopic (exact) mass is 351 g/mol. The molecule has 0 saturated carbocycles. The second kappa shape index (κ2) is 4.18. The minimum Gasteiger partial charge on any atom is -0.263 e. The van der Waals surface area contributed by atoms with Crippen LogP contribution in [0.2, 0.25) is 0 Å². The zero-order chi connectivity index (χ0) is 9.23. The van der Waals surface area contributed by atoms with Gasteiger partial charge in [0, 0.05) is 32.6 Å². The van der Waals surface area contributed by atoms with Gasteiger partial charge in [-0.05, 0) is 0 Å². The number of rotatable bonds is 3. The normalized spacial score (nSPS) is 21.9. The summed E-state index contributed by atoms with van der Waals surface area (Å²) in [6.07, 6.45) is 0. The van der Waals surface area contributed by atoms with Gasteiger partial charge in [-0.15, -0.1) is 0 Å². The summed E-state index contributed by atoms with van der Waals surface area (Å²) in [5.74, 6) is 0. The van der Waals surface area contributed by atoms with Crippen LogP contribution in [0, 0.1) is 10.1 Å². The lowest BCUT2D eigenvalue weighted by atomic mass is 10.2. The van der Waals surface area contributed by atoms with Crippen molar-refractivity contribution in [2.45, 2.75) is 28.0 Å². The van der Waals surface area contributed by atoms with Gasteiger partial charge in [0.25, 0.3) is 4.45 Å². The van der Waals surface area contributed by atoms with Gasteiger partial charge in [0.15, 0.2) is 0 Å². The van der Waals surface area contributed by atoms with Crippen LogP contribution in [0.4, 0.5) is 0 Å². The quantitative estimate of drug-likeness (QED) is 0.339. The van der Waals surface area contributed by atoms with Crippen LogP contribution < -0.4 is 0 Å². The van der Waals surface area contributed by atoms with Gasteiger partial charge < -0.3 is 0 Å². The maximum atomic E-state index is 10.5. The van der Waals surface area contributed by atoms with Gasteiger partial charge in [-0.2, -0.15) is 0 Å². The van der Waals surface area contributed by atoms with Crippen LogP contribution in [-0.4, -0.2) is 19.0 Å². The highest BCUT2D eigenvalue weighted by Crippen LogP contribution is 2.33. The van der Waals surface area contributed by atoms with Gasteiger partial charge in [-0.3, -0.25) is 10.1 Å². The zero-order valence-corrected chi connectivity index (χ0v) is 10.8. The first-order chi connectivity index (χ1) is 4.80. The van der Waals surface area contributed by atoms with Crippen LogP contribution in [-0.2, 0) is 0 Å². The van der Waals surface area contributed by atoms with Gasteiger partial charge in [0.2, 0.25) is 0 Å². The molecule has 0 aromatic carbocycles. The zero-order valence-electron chi connectivity index (χ0n) is 6.05. The highest BCUT2D eigenvalue weighted by molar-refractivity contribution is 9.13. The van der Waals surface area contributed by atoms with Crippen LogP contribution in [0.3, 0.4) is 0 Å². The number of hydrogen-bond acceptors (Lipinski definition) is 2. The lowest BCUT2D eigenvalue weighted by molar-refractivity contribution is -0.529. The Morgan fingerprint density at radius 1 is 1.55 bits per heavy atom. The Labute approximate surface area is 90.5 Å². The number of alkyl halides is 3. The molecule has 0 radical (unpaired) electrons. The Bertz CT molecular complexity index is 160. The van der Waals surface area contributed by atoms with Crippen LogP contribution in [0.5, 0.6) is 0 Å². The van der Waals surface area contributed by atoms with Gasteiger partial charge in [-0.1, -0.05) is 38.8 Å². The Kier molecular flexibility index (Phi) is 4.50. The van der Waals surface area contributed by atoms with Gasteiger partial charge in [0.05, 0.1) is 0 Å². The van der Waals surface area contributed by atoms with Crippen molar-refractivity contribution in [1.29, 1.82) is 0 Å². The Morgan fingerprint density at radius 2 is 1.91 bits per heavy atom. The molecular weight excluding hydrogens is 346 g/mol. The fraction of sp³-hybridized carbons (Fsp3) is 1.00. The van der Waals surface area contributed by atoms with Crippen molar-refractivity contribution in [2.75, 3.05) is 0 Å². The van der Waals surface area contributed by atoms with E-state index in [2.05, 4.69) is 47.8 Å². The molecule has 3 unspecified atom stereocenters. The molecule has 0 aliphatic carbocycles. The maximum Gasteiger partial charge on any atom is 0.285 e. The molecule has 0 aromatic rings. The van der Waals surface area contributed by atoms with Gasteiger partial charge in [-0.25, -0.2) is 0 Å². The molecule has 0 fully saturated rings. The molecule has 6 heteroatoms. The molecule has 0 aliphatic heterocycles. The second-order valence-corrected chi connectivity index (χ2v) is 6.40. The van der Waals surface area contributed by atoms with E-state index in [1.54, 1.807) is 0 Å². The van der Waals surface area contributed by atoms with E-state index in [1.807, 2.05) is 6.92 Å². The maximum absolute atomic E-state index is 10.5. The van der Waals surface area contributed by atoms with E-state index in [-0.39, 0.29) is 14.6 Å². The molecule has 0 heterocycles. The van der Waals surface area contributed by atoms with E-state index in [1.165, 1.54) is 6.92 Å². The standard InChI is InChI=1S/C5H8Br3NO2/c1-3(6)4(7)5(2,8)9(10)11/h3-4H,1-2H3. The average molecular weight is 354 g/mol. The summed E-state index contributed by atoms with van der Waals surface area (Å²) in [6, 6.07) is 0. The molecule has 0 amide bonds. The van der Waals surface area contributed by atoms with Gasteiger partial charge in [0.1, 0.15) is 4.83 Å². The summed E-state index contributed by atoms with van der Waals surface area (Å²) < 4.78 is -1.12. The molecule has 11 heavy (non-hydrogen) atoms. The fourth-order valence-electron chi connectivity index (χ4n) is 0.520. The van der Waals surface area contributed by atoms with Gasteiger partial charge >= 0.3 is 0 Å². The van der Waals surface area contributed by atoms with E-state index >= 15 is 0 Å². The Hall–Kier alpha value is 0.840. The van der Waals surface area contributed by atoms with Crippen molar-refractivity contribution < 1.29 is 4.92 Å². The van der Waals surface area contributed by atoms with E-state index in [0.29, 0.717) is 0 Å². The summed E-state index contributed by atoms with van der Waals surface area (Å²) in [4.78, 5) is 9.91. The van der Waals surface area contributed by atoms with Crippen LogP contribution in [0.1, 0.15) is 13.8 Å². The first kappa shape index (κ1) is 11.8. The molecule has 0 aromatic heterocycles. The molecule has 0 aliphatic rings. The van der Waals surface area contributed by atoms with E-state index in [9.17, 15) is 10.1 Å². The highest BCUT2D eigenvalue weighted by atomic mass is 79.9. The molecule has 0 saturated heterocycles. The first-order valence-corrected chi connectivity index (χ1v) is 5.54. The topological polar surface area (TPSA) is 43.1 Å². The van der Waals surface area contributed by atoms with E-state index in [4.69, 9.17) is 0 Å². The highest BCUT2D eigenvalue weighted by Gasteiger charge is 2.43. The molecule has 0 N–H and O–H groups in total. The van der Waals surface area contributed by atoms with Crippen LogP contribution in [0.25, 0.3) is 0 Å². The third-order valence-corrected chi connectivity index (χ3v) is 5.58. The minimum atomic E-state index is -1.12. The largest absolute Gasteiger partial charge is 0.285 e. The summed E-state index contributed by atoms with van der Waals surface area (Å²) in [7, 11) is 0. The molecule has 66 valence electrons. The average Bonchev–Trinajstić information content (AvgIpc) is 1.85. The number of halogens is 3. The lowest BCUT2D eigenvalue weighted by Crippen LogP contribution is -2.41. The number of nitrogens with zero attached hydrogens (tertiary/aromatic N) is 1. The van der Waals surface area contributed by atoms with Crippen molar-refractivity contribution in [1.82, 2.24) is 0 Å². The van der Waals surface area contributed by atoms with Crippen LogP contribution in [0.15, 0.2) is 0 Å². The molecule has 3 nitrogen and oxygen atoms in total. The predicted molar refractivity (Wildman–Crippen MR) is 55.4 cm³/mol. The summed E-state index contributed by atoms with van der Waals surface area (Å²) in [5, 5.41) is 10.5. The molecule has 0 bridgehead atoms. The van der Waals surface area contributed by atoms with Crippen molar-refractivity contribution in [3.63, 3.8) is 0 Å². The smallest absolute Gasteiger partial charge is 0.263 e. The Balaban J connectivity index is 4.42. The van der Waals surface area contributed by atoms with E-state index < -0.39 is 4.45 Å². The van der Waals surface area contributed by atoms with Crippen molar-refractivity contribution in [3.05, 3.63) is 10.1 Å². The van der Waals surface area contributed by atoms with Crippen molar-refractivity contribution in [3.8, 4) is 0 Å². The third kappa shape index (κ3) is 2.99. The number of nitro groups is 1.